The predicted molar refractivity (Wildman–Crippen MR) is 94.5 cm³/mol. The second-order valence-electron chi connectivity index (χ2n) is 7.05. The number of hydrogen-bond acceptors (Lipinski definition) is 6. The summed E-state index contributed by atoms with van der Waals surface area (Å²) in [5.41, 5.74) is 0.212. The van der Waals surface area contributed by atoms with E-state index < -0.39 is 5.82 Å². The van der Waals surface area contributed by atoms with Gasteiger partial charge in [-0.15, -0.1) is 0 Å². The number of nitrogens with zero attached hydrogens (tertiary/aromatic N) is 4. The van der Waals surface area contributed by atoms with Crippen LogP contribution in [0.1, 0.15) is 19.3 Å². The Hall–Kier alpha value is -2.28. The van der Waals surface area contributed by atoms with Crippen LogP contribution in [0.25, 0.3) is 0 Å². The molecule has 0 amide bonds. The molecule has 0 radical (unpaired) electrons. The molecule has 0 aromatic carbocycles. The van der Waals surface area contributed by atoms with Gasteiger partial charge in [0.1, 0.15) is 0 Å². The van der Waals surface area contributed by atoms with Gasteiger partial charge in [0, 0.05) is 37.9 Å². The Balaban J connectivity index is 1.40. The highest BCUT2D eigenvalue weighted by Crippen LogP contribution is 2.45. The molecule has 2 fully saturated rings. The molecule has 0 saturated carbocycles. The van der Waals surface area contributed by atoms with Crippen LogP contribution in [-0.4, -0.2) is 47.9 Å². The largest absolute Gasteiger partial charge is 0.477 e. The molecule has 0 N–H and O–H groups in total. The van der Waals surface area contributed by atoms with Gasteiger partial charge in [-0.25, -0.2) is 19.3 Å². The maximum Gasteiger partial charge on any atom is 0.225 e. The Bertz CT molecular complexity index is 705. The molecule has 2 aromatic rings. The van der Waals surface area contributed by atoms with E-state index in [9.17, 15) is 4.39 Å². The van der Waals surface area contributed by atoms with Crippen LogP contribution in [0.4, 0.5) is 10.3 Å². The zero-order valence-corrected chi connectivity index (χ0v) is 14.7. The van der Waals surface area contributed by atoms with E-state index in [-0.39, 0.29) is 5.41 Å². The third-order valence-corrected chi connectivity index (χ3v) is 5.65. The summed E-state index contributed by atoms with van der Waals surface area (Å²) in [7, 11) is 0. The lowest BCUT2D eigenvalue weighted by molar-refractivity contribution is -0.0701. The first kappa shape index (κ1) is 17.1. The summed E-state index contributed by atoms with van der Waals surface area (Å²) >= 11 is 0. The van der Waals surface area contributed by atoms with Crippen LogP contribution in [0, 0.1) is 17.2 Å². The fourth-order valence-corrected chi connectivity index (χ4v) is 4.00. The zero-order valence-electron chi connectivity index (χ0n) is 14.7. The minimum absolute atomic E-state index is 0.212. The Kier molecular flexibility index (Phi) is 4.97. The third-order valence-electron chi connectivity index (χ3n) is 5.65. The molecule has 6 nitrogen and oxygen atoms in total. The Morgan fingerprint density at radius 2 is 1.96 bits per heavy atom. The molecule has 4 rings (SSSR count). The maximum atomic E-state index is 13.0. The third kappa shape index (κ3) is 3.62. The summed E-state index contributed by atoms with van der Waals surface area (Å²) in [5, 5.41) is 0. The summed E-state index contributed by atoms with van der Waals surface area (Å²) in [5.74, 6) is 1.20. The average Bonchev–Trinajstić information content (AvgIpc) is 2.70. The highest BCUT2D eigenvalue weighted by atomic mass is 19.1. The van der Waals surface area contributed by atoms with Gasteiger partial charge in [-0.3, -0.25) is 0 Å². The molecule has 0 bridgehead atoms. The minimum atomic E-state index is -0.404. The van der Waals surface area contributed by atoms with Gasteiger partial charge in [0.15, 0.2) is 5.82 Å². The van der Waals surface area contributed by atoms with Gasteiger partial charge in [-0.1, -0.05) is 6.07 Å². The number of ether oxygens (including phenoxy) is 2. The van der Waals surface area contributed by atoms with E-state index in [0.29, 0.717) is 24.4 Å². The van der Waals surface area contributed by atoms with E-state index in [2.05, 4.69) is 19.9 Å². The summed E-state index contributed by atoms with van der Waals surface area (Å²) in [6.07, 6.45) is 7.31. The van der Waals surface area contributed by atoms with Crippen molar-refractivity contribution >= 4 is 5.95 Å². The number of aromatic nitrogens is 3. The number of halogens is 1. The van der Waals surface area contributed by atoms with Gasteiger partial charge in [0.2, 0.25) is 11.8 Å². The lowest BCUT2D eigenvalue weighted by atomic mass is 9.66. The zero-order chi connectivity index (χ0) is 17.8. The molecule has 138 valence electrons. The molecule has 26 heavy (non-hydrogen) atoms. The molecule has 0 unspecified atom stereocenters. The SMILES string of the molecule is Fc1cnc(N2CCC3(CCOC[C@@H]3COc3ccccn3)CC2)nc1. The van der Waals surface area contributed by atoms with Crippen LogP contribution in [0.2, 0.25) is 0 Å². The summed E-state index contributed by atoms with van der Waals surface area (Å²) < 4.78 is 24.7. The van der Waals surface area contributed by atoms with Crippen molar-refractivity contribution < 1.29 is 13.9 Å². The summed E-state index contributed by atoms with van der Waals surface area (Å²) in [6, 6.07) is 5.69. The van der Waals surface area contributed by atoms with Crippen LogP contribution in [0.3, 0.4) is 0 Å². The Morgan fingerprint density at radius 3 is 2.69 bits per heavy atom. The smallest absolute Gasteiger partial charge is 0.225 e. The topological polar surface area (TPSA) is 60.4 Å². The first-order chi connectivity index (χ1) is 12.8. The van der Waals surface area contributed by atoms with E-state index in [1.165, 1.54) is 12.4 Å². The van der Waals surface area contributed by atoms with E-state index in [1.807, 2.05) is 18.2 Å². The number of rotatable bonds is 4. The van der Waals surface area contributed by atoms with Crippen molar-refractivity contribution in [3.05, 3.63) is 42.6 Å². The molecular formula is C19H23FN4O2. The standard InChI is InChI=1S/C19H23FN4O2/c20-16-11-22-18(23-12-16)24-8-4-19(5-9-24)6-10-25-13-15(19)14-26-17-3-1-2-7-21-17/h1-3,7,11-12,15H,4-6,8-10,13-14H2/t15-/m1/s1. The summed E-state index contributed by atoms with van der Waals surface area (Å²) in [4.78, 5) is 14.6. The highest BCUT2D eigenvalue weighted by Gasteiger charge is 2.44. The minimum Gasteiger partial charge on any atom is -0.477 e. The van der Waals surface area contributed by atoms with E-state index in [4.69, 9.17) is 9.47 Å². The molecule has 2 aromatic heterocycles. The molecule has 2 aliphatic rings. The van der Waals surface area contributed by atoms with E-state index in [0.717, 1.165) is 45.6 Å². The molecular weight excluding hydrogens is 335 g/mol. The first-order valence-corrected chi connectivity index (χ1v) is 9.09. The first-order valence-electron chi connectivity index (χ1n) is 9.09. The molecule has 1 spiro atoms. The van der Waals surface area contributed by atoms with Crippen LogP contribution >= 0.6 is 0 Å². The van der Waals surface area contributed by atoms with Crippen molar-refractivity contribution in [3.63, 3.8) is 0 Å². The van der Waals surface area contributed by atoms with Gasteiger partial charge in [0.25, 0.3) is 0 Å². The molecule has 0 aliphatic carbocycles. The van der Waals surface area contributed by atoms with Crippen molar-refractivity contribution in [1.29, 1.82) is 0 Å². The van der Waals surface area contributed by atoms with Crippen molar-refractivity contribution in [2.45, 2.75) is 19.3 Å². The summed E-state index contributed by atoms with van der Waals surface area (Å²) in [6.45, 7) is 3.87. The number of anilines is 1. The fraction of sp³-hybridized carbons (Fsp3) is 0.526. The monoisotopic (exact) mass is 358 g/mol. The van der Waals surface area contributed by atoms with Crippen LogP contribution in [0.15, 0.2) is 36.8 Å². The van der Waals surface area contributed by atoms with Gasteiger partial charge in [-0.05, 0) is 30.7 Å². The van der Waals surface area contributed by atoms with E-state index in [1.54, 1.807) is 6.20 Å². The number of piperidine rings is 1. The number of pyridine rings is 1. The normalized spacial score (nSPS) is 22.3. The predicted octanol–water partition coefficient (Wildman–Crippen LogP) is 2.71. The Morgan fingerprint density at radius 1 is 1.15 bits per heavy atom. The quantitative estimate of drug-likeness (QED) is 0.838. The van der Waals surface area contributed by atoms with Crippen molar-refractivity contribution in [3.8, 4) is 5.88 Å². The molecule has 4 heterocycles. The lowest BCUT2D eigenvalue weighted by Gasteiger charge is -2.48. The van der Waals surface area contributed by atoms with Gasteiger partial charge in [-0.2, -0.15) is 0 Å². The van der Waals surface area contributed by atoms with Crippen molar-refractivity contribution in [2.75, 3.05) is 37.8 Å². The van der Waals surface area contributed by atoms with Crippen molar-refractivity contribution in [1.82, 2.24) is 15.0 Å². The molecule has 2 aliphatic heterocycles. The second-order valence-corrected chi connectivity index (χ2v) is 7.05. The average molecular weight is 358 g/mol. The van der Waals surface area contributed by atoms with Gasteiger partial charge >= 0.3 is 0 Å². The molecule has 1 atom stereocenters. The fourth-order valence-electron chi connectivity index (χ4n) is 4.00. The van der Waals surface area contributed by atoms with Crippen molar-refractivity contribution in [2.24, 2.45) is 11.3 Å². The molecule has 2 saturated heterocycles. The van der Waals surface area contributed by atoms with E-state index >= 15 is 0 Å². The van der Waals surface area contributed by atoms with Gasteiger partial charge in [0.05, 0.1) is 25.6 Å². The number of hydrogen-bond donors (Lipinski definition) is 0. The van der Waals surface area contributed by atoms with Crippen LogP contribution in [-0.2, 0) is 4.74 Å². The van der Waals surface area contributed by atoms with Crippen LogP contribution < -0.4 is 9.64 Å². The highest BCUT2D eigenvalue weighted by molar-refractivity contribution is 5.29. The Labute approximate surface area is 152 Å². The molecule has 7 heteroatoms. The lowest BCUT2D eigenvalue weighted by Crippen LogP contribution is -2.50. The maximum absolute atomic E-state index is 13.0. The van der Waals surface area contributed by atoms with Gasteiger partial charge < -0.3 is 14.4 Å². The van der Waals surface area contributed by atoms with Crippen LogP contribution in [0.5, 0.6) is 5.88 Å². The second kappa shape index (κ2) is 7.53.